The molecular formula is C23H29NO3. The summed E-state index contributed by atoms with van der Waals surface area (Å²) in [6.07, 6.45) is 5.81. The van der Waals surface area contributed by atoms with Crippen LogP contribution in [0.3, 0.4) is 0 Å². The summed E-state index contributed by atoms with van der Waals surface area (Å²) in [5, 5.41) is 0. The van der Waals surface area contributed by atoms with Crippen LogP contribution in [0.15, 0.2) is 36.4 Å². The highest BCUT2D eigenvalue weighted by Gasteiger charge is 2.29. The molecule has 0 amide bonds. The Morgan fingerprint density at radius 1 is 1.15 bits per heavy atom. The molecule has 0 bridgehead atoms. The van der Waals surface area contributed by atoms with Gasteiger partial charge in [-0.15, -0.1) is 0 Å². The average molecular weight is 367 g/mol. The van der Waals surface area contributed by atoms with Gasteiger partial charge in [0.25, 0.3) is 0 Å². The third kappa shape index (κ3) is 4.49. The first kappa shape index (κ1) is 19.4. The van der Waals surface area contributed by atoms with Crippen LogP contribution in [0.4, 0.5) is 0 Å². The standard InChI is InChI=1S/C23H29NO3/c1-3-4-7-15-27-23(26)19-11-5-6-14-24-20(19)12-13-21(24)22(25)18-10-8-9-17(2)16-18/h8-10,12-13,16,19H,3-7,11,14-15H2,1-2H3. The number of ketones is 1. The van der Waals surface area contributed by atoms with Gasteiger partial charge in [-0.3, -0.25) is 9.59 Å². The van der Waals surface area contributed by atoms with Gasteiger partial charge in [0.2, 0.25) is 5.78 Å². The number of carbonyl (C=O) groups excluding carboxylic acids is 2. The minimum absolute atomic E-state index is 0.0157. The fourth-order valence-corrected chi connectivity index (χ4v) is 3.80. The van der Waals surface area contributed by atoms with Gasteiger partial charge in [-0.2, -0.15) is 0 Å². The van der Waals surface area contributed by atoms with Gasteiger partial charge in [-0.25, -0.2) is 0 Å². The molecule has 1 unspecified atom stereocenters. The monoisotopic (exact) mass is 367 g/mol. The number of ether oxygens (including phenoxy) is 1. The lowest BCUT2D eigenvalue weighted by atomic mass is 10.00. The van der Waals surface area contributed by atoms with Gasteiger partial charge in [0, 0.05) is 17.8 Å². The Balaban J connectivity index is 1.82. The molecule has 0 radical (unpaired) electrons. The molecule has 2 heterocycles. The van der Waals surface area contributed by atoms with Crippen molar-refractivity contribution in [1.82, 2.24) is 4.57 Å². The molecule has 0 N–H and O–H groups in total. The number of esters is 1. The van der Waals surface area contributed by atoms with Crippen LogP contribution >= 0.6 is 0 Å². The maximum atomic E-state index is 13.0. The molecule has 0 aliphatic carbocycles. The van der Waals surface area contributed by atoms with Crippen molar-refractivity contribution < 1.29 is 14.3 Å². The van der Waals surface area contributed by atoms with Crippen molar-refractivity contribution in [3.8, 4) is 0 Å². The molecule has 1 atom stereocenters. The number of hydrogen-bond donors (Lipinski definition) is 0. The summed E-state index contributed by atoms with van der Waals surface area (Å²) >= 11 is 0. The molecular weight excluding hydrogens is 338 g/mol. The molecule has 4 nitrogen and oxygen atoms in total. The van der Waals surface area contributed by atoms with Gasteiger partial charge < -0.3 is 9.30 Å². The lowest BCUT2D eigenvalue weighted by Gasteiger charge is -2.16. The zero-order valence-electron chi connectivity index (χ0n) is 16.4. The van der Waals surface area contributed by atoms with Crippen molar-refractivity contribution in [2.75, 3.05) is 6.61 Å². The molecule has 0 saturated carbocycles. The number of fused-ring (bicyclic) bond motifs is 1. The SMILES string of the molecule is CCCCCOC(=O)C1CCCCn2c(C(=O)c3cccc(C)c3)ccc21. The predicted octanol–water partition coefficient (Wildman–Crippen LogP) is 5.03. The molecule has 2 aromatic rings. The van der Waals surface area contributed by atoms with Gasteiger partial charge in [-0.05, 0) is 44.4 Å². The van der Waals surface area contributed by atoms with Crippen molar-refractivity contribution in [3.05, 3.63) is 58.9 Å². The van der Waals surface area contributed by atoms with Crippen LogP contribution in [0.2, 0.25) is 0 Å². The maximum absolute atomic E-state index is 13.0. The summed E-state index contributed by atoms with van der Waals surface area (Å²) in [6.45, 7) is 5.38. The summed E-state index contributed by atoms with van der Waals surface area (Å²) < 4.78 is 7.57. The normalized spacial score (nSPS) is 16.4. The molecule has 0 spiro atoms. The second-order valence-electron chi connectivity index (χ2n) is 7.42. The second-order valence-corrected chi connectivity index (χ2v) is 7.42. The first-order valence-electron chi connectivity index (χ1n) is 10.1. The Labute approximate surface area is 161 Å². The van der Waals surface area contributed by atoms with Crippen LogP contribution in [-0.2, 0) is 16.1 Å². The fraction of sp³-hybridized carbons (Fsp3) is 0.478. The molecule has 0 fully saturated rings. The Kier molecular flexibility index (Phi) is 6.49. The smallest absolute Gasteiger partial charge is 0.314 e. The third-order valence-corrected chi connectivity index (χ3v) is 5.29. The number of aromatic nitrogens is 1. The summed E-state index contributed by atoms with van der Waals surface area (Å²) in [4.78, 5) is 25.7. The van der Waals surface area contributed by atoms with Crippen LogP contribution < -0.4 is 0 Å². The zero-order valence-corrected chi connectivity index (χ0v) is 16.4. The minimum atomic E-state index is -0.270. The van der Waals surface area contributed by atoms with Crippen molar-refractivity contribution in [1.29, 1.82) is 0 Å². The van der Waals surface area contributed by atoms with Gasteiger partial charge >= 0.3 is 5.97 Å². The van der Waals surface area contributed by atoms with E-state index in [0.29, 0.717) is 17.9 Å². The van der Waals surface area contributed by atoms with Gasteiger partial charge in [-0.1, -0.05) is 49.9 Å². The topological polar surface area (TPSA) is 48.3 Å². The van der Waals surface area contributed by atoms with E-state index in [9.17, 15) is 9.59 Å². The number of nitrogens with zero attached hydrogens (tertiary/aromatic N) is 1. The van der Waals surface area contributed by atoms with Crippen LogP contribution in [0.1, 0.15) is 78.7 Å². The average Bonchev–Trinajstić information content (AvgIpc) is 2.96. The molecule has 4 heteroatoms. The molecule has 144 valence electrons. The predicted molar refractivity (Wildman–Crippen MR) is 106 cm³/mol. The Morgan fingerprint density at radius 3 is 2.78 bits per heavy atom. The van der Waals surface area contributed by atoms with E-state index >= 15 is 0 Å². The van der Waals surface area contributed by atoms with Crippen molar-refractivity contribution >= 4 is 11.8 Å². The molecule has 1 aromatic carbocycles. The Bertz CT molecular complexity index is 806. The number of hydrogen-bond acceptors (Lipinski definition) is 3. The molecule has 3 rings (SSSR count). The fourth-order valence-electron chi connectivity index (χ4n) is 3.80. The minimum Gasteiger partial charge on any atom is -0.465 e. The number of unbranched alkanes of at least 4 members (excludes halogenated alkanes) is 2. The molecule has 1 aliphatic rings. The molecule has 0 saturated heterocycles. The molecule has 1 aromatic heterocycles. The summed E-state index contributed by atoms with van der Waals surface area (Å²) in [7, 11) is 0. The van der Waals surface area contributed by atoms with E-state index in [4.69, 9.17) is 4.74 Å². The largest absolute Gasteiger partial charge is 0.465 e. The summed E-state index contributed by atoms with van der Waals surface area (Å²) in [5.41, 5.74) is 3.35. The number of aryl methyl sites for hydroxylation is 1. The third-order valence-electron chi connectivity index (χ3n) is 5.29. The highest BCUT2D eigenvalue weighted by atomic mass is 16.5. The van der Waals surface area contributed by atoms with E-state index in [1.807, 2.05) is 47.9 Å². The van der Waals surface area contributed by atoms with E-state index in [1.54, 1.807) is 0 Å². The zero-order chi connectivity index (χ0) is 19.2. The Morgan fingerprint density at radius 2 is 2.00 bits per heavy atom. The van der Waals surface area contributed by atoms with E-state index in [-0.39, 0.29) is 17.7 Å². The van der Waals surface area contributed by atoms with E-state index in [2.05, 4.69) is 6.92 Å². The van der Waals surface area contributed by atoms with Gasteiger partial charge in [0.15, 0.2) is 0 Å². The van der Waals surface area contributed by atoms with E-state index in [0.717, 1.165) is 56.3 Å². The van der Waals surface area contributed by atoms with Gasteiger partial charge in [0.1, 0.15) is 0 Å². The van der Waals surface area contributed by atoms with Gasteiger partial charge in [0.05, 0.1) is 18.2 Å². The first-order chi connectivity index (χ1) is 13.1. The number of rotatable bonds is 7. The maximum Gasteiger partial charge on any atom is 0.314 e. The van der Waals surface area contributed by atoms with E-state index < -0.39 is 0 Å². The number of benzene rings is 1. The van der Waals surface area contributed by atoms with Crippen LogP contribution in [0.5, 0.6) is 0 Å². The second kappa shape index (κ2) is 9.03. The Hall–Kier alpha value is -2.36. The van der Waals surface area contributed by atoms with Crippen molar-refractivity contribution in [2.24, 2.45) is 0 Å². The van der Waals surface area contributed by atoms with Crippen LogP contribution in [-0.4, -0.2) is 22.9 Å². The first-order valence-corrected chi connectivity index (χ1v) is 10.1. The summed E-state index contributed by atoms with van der Waals surface area (Å²) in [6, 6.07) is 11.5. The quantitative estimate of drug-likeness (QED) is 0.392. The molecule has 27 heavy (non-hydrogen) atoms. The highest BCUT2D eigenvalue weighted by molar-refractivity contribution is 6.08. The van der Waals surface area contributed by atoms with Crippen molar-refractivity contribution in [2.45, 2.75) is 64.8 Å². The lowest BCUT2D eigenvalue weighted by molar-refractivity contribution is -0.145. The van der Waals surface area contributed by atoms with Crippen LogP contribution in [0, 0.1) is 6.92 Å². The van der Waals surface area contributed by atoms with E-state index in [1.165, 1.54) is 0 Å². The van der Waals surface area contributed by atoms with Crippen LogP contribution in [0.25, 0.3) is 0 Å². The lowest BCUT2D eigenvalue weighted by Crippen LogP contribution is -2.19. The molecule has 1 aliphatic heterocycles. The number of carbonyl (C=O) groups is 2. The van der Waals surface area contributed by atoms with Crippen molar-refractivity contribution in [3.63, 3.8) is 0 Å². The summed E-state index contributed by atoms with van der Waals surface area (Å²) in [5.74, 6) is -0.406. The highest BCUT2D eigenvalue weighted by Crippen LogP contribution is 2.30.